The number of ether oxygens (including phenoxy) is 1. The molecule has 0 aromatic carbocycles. The minimum Gasteiger partial charge on any atom is -0.467 e. The van der Waals surface area contributed by atoms with Gasteiger partial charge in [-0.3, -0.25) is 14.6 Å². The second-order valence-electron chi connectivity index (χ2n) is 6.59. The van der Waals surface area contributed by atoms with Gasteiger partial charge in [0.25, 0.3) is 5.91 Å². The Balaban J connectivity index is 1.74. The first-order chi connectivity index (χ1) is 12.6. The third kappa shape index (κ3) is 3.85. The fourth-order valence-corrected chi connectivity index (χ4v) is 3.55. The lowest BCUT2D eigenvalue weighted by molar-refractivity contribution is -0.151. The summed E-state index contributed by atoms with van der Waals surface area (Å²) in [7, 11) is 1.29. The lowest BCUT2D eigenvalue weighted by atomic mass is 9.95. The van der Waals surface area contributed by atoms with E-state index in [0.29, 0.717) is 18.7 Å². The summed E-state index contributed by atoms with van der Waals surface area (Å²) < 4.78 is 4.88. The number of nitrogens with zero attached hydrogens (tertiary/aromatic N) is 3. The van der Waals surface area contributed by atoms with E-state index in [-0.39, 0.29) is 24.3 Å². The number of carbonyl (C=O) groups is 3. The van der Waals surface area contributed by atoms with Gasteiger partial charge in [-0.05, 0) is 38.1 Å². The number of hydrogen-bond donors (Lipinski definition) is 1. The van der Waals surface area contributed by atoms with Gasteiger partial charge in [0.15, 0.2) is 0 Å². The van der Waals surface area contributed by atoms with Crippen molar-refractivity contribution in [1.29, 1.82) is 0 Å². The maximum absolute atomic E-state index is 12.8. The highest BCUT2D eigenvalue weighted by Gasteiger charge is 2.39. The van der Waals surface area contributed by atoms with E-state index in [9.17, 15) is 14.4 Å². The zero-order chi connectivity index (χ0) is 18.5. The molecule has 0 aliphatic carbocycles. The van der Waals surface area contributed by atoms with E-state index in [1.54, 1.807) is 23.2 Å². The van der Waals surface area contributed by atoms with E-state index in [1.807, 2.05) is 0 Å². The summed E-state index contributed by atoms with van der Waals surface area (Å²) >= 11 is 0. The number of hydrogen-bond acceptors (Lipinski definition) is 6. The highest BCUT2D eigenvalue weighted by atomic mass is 16.5. The van der Waals surface area contributed by atoms with Crippen molar-refractivity contribution in [2.75, 3.05) is 39.8 Å². The molecule has 26 heavy (non-hydrogen) atoms. The van der Waals surface area contributed by atoms with Crippen LogP contribution in [0.25, 0.3) is 0 Å². The smallest absolute Gasteiger partial charge is 0.330 e. The normalized spacial score (nSPS) is 21.3. The highest BCUT2D eigenvalue weighted by Crippen LogP contribution is 2.20. The average molecular weight is 360 g/mol. The molecule has 8 nitrogen and oxygen atoms in total. The molecule has 8 heteroatoms. The summed E-state index contributed by atoms with van der Waals surface area (Å²) in [6.07, 6.45) is 4.67. The molecule has 2 saturated heterocycles. The van der Waals surface area contributed by atoms with Crippen molar-refractivity contribution in [2.24, 2.45) is 5.92 Å². The first-order valence-electron chi connectivity index (χ1n) is 8.90. The summed E-state index contributed by atoms with van der Waals surface area (Å²) in [4.78, 5) is 45.0. The van der Waals surface area contributed by atoms with Gasteiger partial charge >= 0.3 is 5.97 Å². The Bertz CT molecular complexity index is 660. The summed E-state index contributed by atoms with van der Waals surface area (Å²) in [5.74, 6) is -0.739. The number of piperidine rings is 1. The van der Waals surface area contributed by atoms with Gasteiger partial charge < -0.3 is 19.9 Å². The van der Waals surface area contributed by atoms with Crippen LogP contribution in [0, 0.1) is 5.92 Å². The van der Waals surface area contributed by atoms with Crippen molar-refractivity contribution in [3.8, 4) is 0 Å². The standard InChI is InChI=1S/C18H24N4O4/c1-26-18(25)15-12-21(16(23)13-4-7-19-8-5-13)9-10-22(15)17(24)14-3-2-6-20-11-14/h2-3,6,11,13,15,19H,4-5,7-10,12H2,1H3/t15-/m1/s1. The largest absolute Gasteiger partial charge is 0.467 e. The third-order valence-electron chi connectivity index (χ3n) is 5.02. The SMILES string of the molecule is COC(=O)[C@H]1CN(C(=O)C2CCNCC2)CCN1C(=O)c1cccnc1. The van der Waals surface area contributed by atoms with Crippen LogP contribution in [0.1, 0.15) is 23.2 Å². The molecule has 0 unspecified atom stereocenters. The van der Waals surface area contributed by atoms with Crippen molar-refractivity contribution in [2.45, 2.75) is 18.9 Å². The molecule has 140 valence electrons. The molecule has 0 bridgehead atoms. The summed E-state index contributed by atoms with van der Waals surface area (Å²) in [5.41, 5.74) is 0.416. The van der Waals surface area contributed by atoms with Gasteiger partial charge in [0.1, 0.15) is 6.04 Å². The molecule has 2 fully saturated rings. The minimum atomic E-state index is -0.799. The fraction of sp³-hybridized carbons (Fsp3) is 0.556. The molecular formula is C18H24N4O4. The Kier molecular flexibility index (Phi) is 5.82. The Morgan fingerprint density at radius 2 is 2.00 bits per heavy atom. The van der Waals surface area contributed by atoms with Crippen LogP contribution in [0.15, 0.2) is 24.5 Å². The monoisotopic (exact) mass is 360 g/mol. The van der Waals surface area contributed by atoms with E-state index in [2.05, 4.69) is 10.3 Å². The molecule has 3 heterocycles. The van der Waals surface area contributed by atoms with E-state index < -0.39 is 12.0 Å². The van der Waals surface area contributed by atoms with Crippen molar-refractivity contribution in [3.05, 3.63) is 30.1 Å². The van der Waals surface area contributed by atoms with Crippen LogP contribution in [-0.4, -0.2) is 78.4 Å². The van der Waals surface area contributed by atoms with Crippen molar-refractivity contribution < 1.29 is 19.1 Å². The third-order valence-corrected chi connectivity index (χ3v) is 5.02. The lowest BCUT2D eigenvalue weighted by Gasteiger charge is -2.41. The van der Waals surface area contributed by atoms with Crippen LogP contribution >= 0.6 is 0 Å². The Hall–Kier alpha value is -2.48. The molecule has 2 aliphatic heterocycles. The number of nitrogens with one attached hydrogen (secondary N) is 1. The molecular weight excluding hydrogens is 336 g/mol. The first kappa shape index (κ1) is 18.3. The van der Waals surface area contributed by atoms with Crippen LogP contribution in [0.2, 0.25) is 0 Å². The maximum atomic E-state index is 12.8. The average Bonchev–Trinajstić information content (AvgIpc) is 2.73. The van der Waals surface area contributed by atoms with Crippen LogP contribution in [-0.2, 0) is 14.3 Å². The van der Waals surface area contributed by atoms with E-state index in [1.165, 1.54) is 18.2 Å². The molecule has 1 aromatic rings. The lowest BCUT2D eigenvalue weighted by Crippen LogP contribution is -2.60. The number of rotatable bonds is 3. The van der Waals surface area contributed by atoms with E-state index in [0.717, 1.165) is 25.9 Å². The zero-order valence-electron chi connectivity index (χ0n) is 14.9. The molecule has 2 aliphatic rings. The molecule has 1 atom stereocenters. The number of methoxy groups -OCH3 is 1. The van der Waals surface area contributed by atoms with Gasteiger partial charge in [-0.1, -0.05) is 0 Å². The summed E-state index contributed by atoms with van der Waals surface area (Å²) in [6.45, 7) is 2.54. The molecule has 1 aromatic heterocycles. The predicted octanol–water partition coefficient (Wildman–Crippen LogP) is -0.0928. The Morgan fingerprint density at radius 3 is 2.65 bits per heavy atom. The second kappa shape index (κ2) is 8.27. The Labute approximate surface area is 152 Å². The van der Waals surface area contributed by atoms with Crippen LogP contribution in [0.3, 0.4) is 0 Å². The quantitative estimate of drug-likeness (QED) is 0.758. The minimum absolute atomic E-state index is 0.0184. The predicted molar refractivity (Wildman–Crippen MR) is 93.3 cm³/mol. The molecule has 0 radical (unpaired) electrons. The number of pyridine rings is 1. The summed E-state index contributed by atoms with van der Waals surface area (Å²) in [6, 6.07) is 2.54. The number of piperazine rings is 1. The number of aromatic nitrogens is 1. The van der Waals surface area contributed by atoms with Crippen molar-refractivity contribution in [3.63, 3.8) is 0 Å². The van der Waals surface area contributed by atoms with Gasteiger partial charge in [-0.2, -0.15) is 0 Å². The molecule has 0 spiro atoms. The van der Waals surface area contributed by atoms with Crippen LogP contribution in [0.4, 0.5) is 0 Å². The zero-order valence-corrected chi connectivity index (χ0v) is 14.9. The van der Waals surface area contributed by atoms with Crippen LogP contribution < -0.4 is 5.32 Å². The number of amides is 2. The van der Waals surface area contributed by atoms with E-state index in [4.69, 9.17) is 4.74 Å². The van der Waals surface area contributed by atoms with Gasteiger partial charge in [0.05, 0.1) is 19.2 Å². The van der Waals surface area contributed by atoms with E-state index >= 15 is 0 Å². The highest BCUT2D eigenvalue weighted by molar-refractivity contribution is 5.97. The van der Waals surface area contributed by atoms with Crippen molar-refractivity contribution >= 4 is 17.8 Å². The molecule has 3 rings (SSSR count). The van der Waals surface area contributed by atoms with Gasteiger partial charge in [0.2, 0.25) is 5.91 Å². The fourth-order valence-electron chi connectivity index (χ4n) is 3.55. The second-order valence-corrected chi connectivity index (χ2v) is 6.59. The maximum Gasteiger partial charge on any atom is 0.330 e. The Morgan fingerprint density at radius 1 is 1.23 bits per heavy atom. The van der Waals surface area contributed by atoms with Crippen molar-refractivity contribution in [1.82, 2.24) is 20.1 Å². The number of carbonyl (C=O) groups excluding carboxylic acids is 3. The first-order valence-corrected chi connectivity index (χ1v) is 8.90. The number of esters is 1. The van der Waals surface area contributed by atoms with Gasteiger partial charge in [-0.25, -0.2) is 4.79 Å². The van der Waals surface area contributed by atoms with Gasteiger partial charge in [-0.15, -0.1) is 0 Å². The summed E-state index contributed by atoms with van der Waals surface area (Å²) in [5, 5.41) is 3.25. The topological polar surface area (TPSA) is 91.8 Å². The molecule has 2 amide bonds. The molecule has 0 saturated carbocycles. The van der Waals surface area contributed by atoms with Crippen LogP contribution in [0.5, 0.6) is 0 Å². The van der Waals surface area contributed by atoms with Gasteiger partial charge in [0, 0.05) is 31.4 Å². The molecule has 1 N–H and O–H groups in total.